The number of pyridine rings is 1. The number of aromatic nitrogens is 1. The van der Waals surface area contributed by atoms with Gasteiger partial charge in [-0.05, 0) is 72.6 Å². The zero-order valence-electron chi connectivity index (χ0n) is 23.5. The van der Waals surface area contributed by atoms with E-state index < -0.39 is 23.9 Å². The first-order valence-electron chi connectivity index (χ1n) is 12.8. The number of hydrogen-bond acceptors (Lipinski definition) is 6. The number of carbonyl (C=O) groups is 4. The predicted octanol–water partition coefficient (Wildman–Crippen LogP) is 4.45. The number of allylic oxidation sites excluding steroid dienone is 10. The highest BCUT2D eigenvalue weighted by atomic mass is 16.5. The van der Waals surface area contributed by atoms with Gasteiger partial charge in [-0.1, -0.05) is 31.2 Å². The molecule has 2 aliphatic carbocycles. The minimum absolute atomic E-state index is 0.0703. The zero-order valence-corrected chi connectivity index (χ0v) is 23.5. The van der Waals surface area contributed by atoms with Crippen molar-refractivity contribution in [2.24, 2.45) is 5.92 Å². The van der Waals surface area contributed by atoms with Crippen LogP contribution in [0.5, 0.6) is 0 Å². The second kappa shape index (κ2) is 12.5. The molecule has 0 radical (unpaired) electrons. The number of rotatable bonds is 10. The maximum Gasteiger partial charge on any atom is 0.370 e. The summed E-state index contributed by atoms with van der Waals surface area (Å²) in [7, 11) is 2.58. The van der Waals surface area contributed by atoms with Crippen molar-refractivity contribution in [1.82, 2.24) is 0 Å². The molecule has 9 nitrogen and oxygen atoms in total. The molecule has 2 N–H and O–H groups in total. The largest absolute Gasteiger partial charge is 0.481 e. The van der Waals surface area contributed by atoms with Crippen LogP contribution in [0.15, 0.2) is 70.6 Å². The molecular weight excluding hydrogens is 514 g/mol. The van der Waals surface area contributed by atoms with Gasteiger partial charge in [0.05, 0.1) is 31.8 Å². The van der Waals surface area contributed by atoms with E-state index in [1.165, 1.54) is 25.0 Å². The van der Waals surface area contributed by atoms with Crippen LogP contribution in [0, 0.1) is 5.92 Å². The quantitative estimate of drug-likeness (QED) is 0.249. The molecule has 9 heteroatoms. The van der Waals surface area contributed by atoms with E-state index in [0.29, 0.717) is 34.3 Å². The Morgan fingerprint density at radius 2 is 1.73 bits per heavy atom. The number of carboxylic acid groups (broad SMARTS) is 2. The van der Waals surface area contributed by atoms with Crippen LogP contribution in [0.2, 0.25) is 0 Å². The first kappa shape index (κ1) is 30.0. The van der Waals surface area contributed by atoms with Crippen LogP contribution in [-0.2, 0) is 30.4 Å². The van der Waals surface area contributed by atoms with E-state index >= 15 is 0 Å². The average Bonchev–Trinajstić information content (AvgIpc) is 3.37. The van der Waals surface area contributed by atoms with Crippen LogP contribution in [0.1, 0.15) is 62.0 Å². The van der Waals surface area contributed by atoms with Crippen LogP contribution in [0.3, 0.4) is 0 Å². The van der Waals surface area contributed by atoms with Crippen LogP contribution in [-0.4, -0.2) is 48.3 Å². The molecule has 1 atom stereocenters. The van der Waals surface area contributed by atoms with Gasteiger partial charge in [-0.2, -0.15) is 4.57 Å². The second-order valence-electron chi connectivity index (χ2n) is 9.64. The highest BCUT2D eigenvalue weighted by molar-refractivity contribution is 6.04. The fourth-order valence-corrected chi connectivity index (χ4v) is 5.12. The van der Waals surface area contributed by atoms with Gasteiger partial charge in [-0.15, -0.1) is 0 Å². The molecule has 1 heterocycles. The van der Waals surface area contributed by atoms with Crippen LogP contribution in [0.25, 0.3) is 11.1 Å². The summed E-state index contributed by atoms with van der Waals surface area (Å²) in [5, 5.41) is 18.8. The molecule has 0 aliphatic heterocycles. The number of aliphatic carboxylic acids is 2. The number of fused-ring (bicyclic) bond motifs is 1. The fraction of sp³-hybridized carbons (Fsp3) is 0.323. The third-order valence-electron chi connectivity index (χ3n) is 6.91. The molecule has 3 rings (SSSR count). The normalized spacial score (nSPS) is 17.5. The van der Waals surface area contributed by atoms with Gasteiger partial charge in [-0.3, -0.25) is 4.79 Å². The molecule has 1 aromatic heterocycles. The minimum atomic E-state index is -1.06. The van der Waals surface area contributed by atoms with Gasteiger partial charge in [0, 0.05) is 5.56 Å². The maximum absolute atomic E-state index is 12.7. The number of ether oxygens (including phenoxy) is 2. The van der Waals surface area contributed by atoms with E-state index in [0.717, 1.165) is 22.3 Å². The summed E-state index contributed by atoms with van der Waals surface area (Å²) >= 11 is 0. The van der Waals surface area contributed by atoms with E-state index in [2.05, 4.69) is 0 Å². The van der Waals surface area contributed by atoms with Gasteiger partial charge in [0.1, 0.15) is 5.56 Å². The number of hydrogen-bond donors (Lipinski definition) is 2. The highest BCUT2D eigenvalue weighted by Crippen LogP contribution is 2.42. The number of carboxylic acids is 2. The van der Waals surface area contributed by atoms with E-state index in [9.17, 15) is 29.4 Å². The lowest BCUT2D eigenvalue weighted by atomic mass is 9.89. The van der Waals surface area contributed by atoms with Crippen molar-refractivity contribution in [3.05, 3.63) is 87.3 Å². The molecule has 1 aromatic rings. The Hall–Kier alpha value is -4.53. The van der Waals surface area contributed by atoms with Crippen LogP contribution in [0.4, 0.5) is 0 Å². The van der Waals surface area contributed by atoms with Crippen molar-refractivity contribution >= 4 is 35.0 Å². The summed E-state index contributed by atoms with van der Waals surface area (Å²) in [6, 6.07) is 0. The Kier molecular flexibility index (Phi) is 9.42. The van der Waals surface area contributed by atoms with E-state index in [-0.39, 0.29) is 24.4 Å². The van der Waals surface area contributed by atoms with Crippen LogP contribution < -0.4 is 4.57 Å². The zero-order chi connectivity index (χ0) is 29.7. The van der Waals surface area contributed by atoms with Crippen molar-refractivity contribution in [3.63, 3.8) is 0 Å². The van der Waals surface area contributed by atoms with E-state index in [4.69, 9.17) is 9.47 Å². The first-order valence-corrected chi connectivity index (χ1v) is 12.8. The molecule has 0 spiro atoms. The number of methoxy groups -OCH3 is 2. The summed E-state index contributed by atoms with van der Waals surface area (Å²) < 4.78 is 11.4. The Labute approximate surface area is 233 Å². The van der Waals surface area contributed by atoms with Crippen molar-refractivity contribution in [2.75, 3.05) is 14.2 Å². The molecule has 0 saturated carbocycles. The third kappa shape index (κ3) is 6.20. The monoisotopic (exact) mass is 548 g/mol. The van der Waals surface area contributed by atoms with Gasteiger partial charge in [0.15, 0.2) is 12.4 Å². The lowest BCUT2D eigenvalue weighted by Gasteiger charge is -2.16. The SMILES string of the molecule is CC=C(C(=O)OC)C1=C(C)C=C(C=C2C=C(C)c3c(C(=O)OC)c[n+](CC(=O)O)cc32)C1=CC(CC)CC(=O)O. The smallest absolute Gasteiger partial charge is 0.370 e. The summed E-state index contributed by atoms with van der Waals surface area (Å²) in [6.45, 7) is 7.03. The van der Waals surface area contributed by atoms with Gasteiger partial charge in [0.2, 0.25) is 6.54 Å². The minimum Gasteiger partial charge on any atom is -0.481 e. The summed E-state index contributed by atoms with van der Waals surface area (Å²) in [5.41, 5.74) is 6.39. The Bertz CT molecular complexity index is 1470. The molecule has 40 heavy (non-hydrogen) atoms. The fourth-order valence-electron chi connectivity index (χ4n) is 5.12. The third-order valence-corrected chi connectivity index (χ3v) is 6.91. The Balaban J connectivity index is 2.24. The topological polar surface area (TPSA) is 131 Å². The maximum atomic E-state index is 12.7. The molecule has 1 unspecified atom stereocenters. The summed E-state index contributed by atoms with van der Waals surface area (Å²) in [4.78, 5) is 48.3. The molecule has 210 valence electrons. The van der Waals surface area contributed by atoms with Crippen molar-refractivity contribution in [2.45, 2.75) is 47.1 Å². The predicted molar refractivity (Wildman–Crippen MR) is 148 cm³/mol. The first-order chi connectivity index (χ1) is 18.9. The van der Waals surface area contributed by atoms with Gasteiger partial charge in [0.25, 0.3) is 0 Å². The van der Waals surface area contributed by atoms with E-state index in [1.54, 1.807) is 19.2 Å². The molecule has 0 aromatic carbocycles. The lowest BCUT2D eigenvalue weighted by Crippen LogP contribution is -2.39. The molecule has 0 saturated heterocycles. The Morgan fingerprint density at radius 1 is 1.02 bits per heavy atom. The number of esters is 2. The van der Waals surface area contributed by atoms with Crippen molar-refractivity contribution in [3.8, 4) is 0 Å². The molecular formula is C31H34NO8+. The number of carbonyl (C=O) groups excluding carboxylic acids is 2. The average molecular weight is 549 g/mol. The molecule has 0 fully saturated rings. The van der Waals surface area contributed by atoms with Crippen LogP contribution >= 0.6 is 0 Å². The van der Waals surface area contributed by atoms with Gasteiger partial charge < -0.3 is 19.7 Å². The summed E-state index contributed by atoms with van der Waals surface area (Å²) in [5.74, 6) is -3.36. The standard InChI is InChI=1S/C31H33NO8/c1-7-19(12-26(33)34)11-23-20(9-17(3)28(23)22(8-2)30(37)39-5)13-21-10-18(4)29-24(21)14-32(16-27(35)36)15-25(29)31(38)40-6/h8-11,13-15,19H,7,12,16H2,1-6H3,(H-,33,34,35,36)/p+1. The van der Waals surface area contributed by atoms with Crippen molar-refractivity contribution < 1.29 is 43.4 Å². The van der Waals surface area contributed by atoms with Gasteiger partial charge in [-0.25, -0.2) is 14.4 Å². The highest BCUT2D eigenvalue weighted by Gasteiger charge is 2.31. The second-order valence-corrected chi connectivity index (χ2v) is 9.64. The van der Waals surface area contributed by atoms with Crippen molar-refractivity contribution in [1.29, 1.82) is 0 Å². The molecule has 0 amide bonds. The molecule has 0 bridgehead atoms. The van der Waals surface area contributed by atoms with E-state index in [1.807, 2.05) is 45.1 Å². The Morgan fingerprint density at radius 3 is 2.27 bits per heavy atom. The summed E-state index contributed by atoms with van der Waals surface area (Å²) in [6.07, 6.45) is 12.9. The molecule has 2 aliphatic rings. The van der Waals surface area contributed by atoms with Gasteiger partial charge >= 0.3 is 23.9 Å². The number of nitrogens with zero attached hydrogens (tertiary/aromatic N) is 1. The lowest BCUT2D eigenvalue weighted by molar-refractivity contribution is -0.686.